The van der Waals surface area contributed by atoms with E-state index in [1.165, 1.54) is 30.6 Å². The minimum absolute atomic E-state index is 0.0327. The second-order valence-electron chi connectivity index (χ2n) is 6.39. The number of aromatic nitrogens is 1. The zero-order valence-corrected chi connectivity index (χ0v) is 19.0. The van der Waals surface area contributed by atoms with Crippen molar-refractivity contribution in [2.75, 3.05) is 19.1 Å². The summed E-state index contributed by atoms with van der Waals surface area (Å²) < 4.78 is 29.9. The summed E-state index contributed by atoms with van der Waals surface area (Å²) in [5.74, 6) is 0.159. The van der Waals surface area contributed by atoms with Crippen LogP contribution in [0.25, 0.3) is 0 Å². The number of halogens is 2. The molecule has 10 heteroatoms. The third-order valence-electron chi connectivity index (χ3n) is 4.18. The summed E-state index contributed by atoms with van der Waals surface area (Å²) in [6.45, 7) is 2.06. The Morgan fingerprint density at radius 1 is 1.31 bits per heavy atom. The predicted molar refractivity (Wildman–Crippen MR) is 122 cm³/mol. The van der Waals surface area contributed by atoms with Crippen molar-refractivity contribution in [3.8, 4) is 11.5 Å². The average Bonchev–Trinajstić information content (AvgIpc) is 3.21. The molecule has 2 aromatic carbocycles. The van der Waals surface area contributed by atoms with E-state index in [1.807, 2.05) is 0 Å². The van der Waals surface area contributed by atoms with Gasteiger partial charge in [-0.05, 0) is 42.8 Å². The Kier molecular flexibility index (Phi) is 8.41. The Bertz CT molecular complexity index is 1090. The molecule has 0 atom stereocenters. The fourth-order valence-electron chi connectivity index (χ4n) is 2.67. The molecule has 1 heterocycles. The van der Waals surface area contributed by atoms with E-state index in [1.54, 1.807) is 42.8 Å². The van der Waals surface area contributed by atoms with Crippen molar-refractivity contribution in [1.29, 1.82) is 0 Å². The van der Waals surface area contributed by atoms with Gasteiger partial charge in [0.1, 0.15) is 12.4 Å². The van der Waals surface area contributed by atoms with Gasteiger partial charge in [0.05, 0.1) is 37.1 Å². The van der Waals surface area contributed by atoms with Gasteiger partial charge in [-0.2, -0.15) is 5.10 Å². The van der Waals surface area contributed by atoms with Crippen LogP contribution in [-0.2, 0) is 22.6 Å². The number of nitrogens with one attached hydrogen (secondary N) is 1. The van der Waals surface area contributed by atoms with Gasteiger partial charge in [-0.1, -0.05) is 17.7 Å². The van der Waals surface area contributed by atoms with Gasteiger partial charge in [-0.3, -0.25) is 10.2 Å². The highest BCUT2D eigenvalue weighted by Crippen LogP contribution is 2.30. The molecule has 0 aliphatic carbocycles. The highest BCUT2D eigenvalue weighted by molar-refractivity contribution is 7.13. The summed E-state index contributed by atoms with van der Waals surface area (Å²) >= 11 is 7.37. The molecule has 0 saturated heterocycles. The minimum atomic E-state index is -0.432. The number of carbonyl (C=O) groups excluding carboxylic acids is 1. The van der Waals surface area contributed by atoms with Crippen molar-refractivity contribution >= 4 is 40.3 Å². The van der Waals surface area contributed by atoms with Crippen LogP contribution in [0, 0.1) is 5.82 Å². The van der Waals surface area contributed by atoms with Crippen LogP contribution in [0.2, 0.25) is 5.02 Å². The smallest absolute Gasteiger partial charge is 0.311 e. The number of thiazole rings is 1. The number of carbonyl (C=O) groups is 1. The molecule has 3 aromatic rings. The Morgan fingerprint density at radius 3 is 2.91 bits per heavy atom. The zero-order valence-electron chi connectivity index (χ0n) is 17.4. The molecule has 0 saturated carbocycles. The summed E-state index contributed by atoms with van der Waals surface area (Å²) in [6, 6.07) is 9.69. The van der Waals surface area contributed by atoms with E-state index >= 15 is 0 Å². The Labute approximate surface area is 193 Å². The van der Waals surface area contributed by atoms with Gasteiger partial charge in [-0.25, -0.2) is 9.37 Å². The Morgan fingerprint density at radius 2 is 2.16 bits per heavy atom. The maximum absolute atomic E-state index is 13.9. The van der Waals surface area contributed by atoms with Crippen LogP contribution in [0.5, 0.6) is 11.5 Å². The lowest BCUT2D eigenvalue weighted by molar-refractivity contribution is -0.142. The van der Waals surface area contributed by atoms with Crippen molar-refractivity contribution in [2.24, 2.45) is 5.10 Å². The van der Waals surface area contributed by atoms with Gasteiger partial charge < -0.3 is 14.2 Å². The van der Waals surface area contributed by atoms with Crippen molar-refractivity contribution in [1.82, 2.24) is 4.98 Å². The number of nitrogens with zero attached hydrogens (tertiary/aromatic N) is 2. The predicted octanol–water partition coefficient (Wildman–Crippen LogP) is 5.07. The largest absolute Gasteiger partial charge is 0.493 e. The SMILES string of the molecule is CCOC(=O)Cc1csc(NN=Cc2ccc(OCc3c(F)cccc3Cl)c(OC)c2)n1. The van der Waals surface area contributed by atoms with E-state index in [0.717, 1.165) is 5.56 Å². The van der Waals surface area contributed by atoms with E-state index in [0.29, 0.717) is 34.0 Å². The van der Waals surface area contributed by atoms with Crippen molar-refractivity contribution in [2.45, 2.75) is 20.0 Å². The second-order valence-corrected chi connectivity index (χ2v) is 7.66. The first-order chi connectivity index (χ1) is 15.5. The number of hydrogen-bond donors (Lipinski definition) is 1. The third-order valence-corrected chi connectivity index (χ3v) is 5.33. The normalized spacial score (nSPS) is 10.9. The molecule has 1 aromatic heterocycles. The first-order valence-corrected chi connectivity index (χ1v) is 10.9. The maximum atomic E-state index is 13.9. The maximum Gasteiger partial charge on any atom is 0.311 e. The topological polar surface area (TPSA) is 82.0 Å². The highest BCUT2D eigenvalue weighted by atomic mass is 35.5. The van der Waals surface area contributed by atoms with E-state index in [4.69, 9.17) is 25.8 Å². The molecule has 0 fully saturated rings. The number of rotatable bonds is 10. The molecular formula is C22H21ClFN3O4S. The number of hydrazone groups is 1. The van der Waals surface area contributed by atoms with E-state index in [-0.39, 0.29) is 24.6 Å². The fourth-order valence-corrected chi connectivity index (χ4v) is 3.54. The summed E-state index contributed by atoms with van der Waals surface area (Å²) in [5, 5.41) is 6.77. The summed E-state index contributed by atoms with van der Waals surface area (Å²) in [7, 11) is 1.51. The van der Waals surface area contributed by atoms with Crippen LogP contribution in [-0.4, -0.2) is 30.9 Å². The Balaban J connectivity index is 1.60. The van der Waals surface area contributed by atoms with Crippen molar-refractivity contribution < 1.29 is 23.4 Å². The fraction of sp³-hybridized carbons (Fsp3) is 0.227. The van der Waals surface area contributed by atoms with Crippen LogP contribution in [0.3, 0.4) is 0 Å². The standard InChI is InChI=1S/C22H21ClFN3O4S/c1-3-30-21(28)10-15-13-32-22(26-15)27-25-11-14-7-8-19(20(9-14)29-2)31-12-16-17(23)5-4-6-18(16)24/h4-9,11,13H,3,10,12H2,1-2H3,(H,26,27). The second kappa shape index (κ2) is 11.4. The molecule has 1 N–H and O–H groups in total. The third kappa shape index (κ3) is 6.41. The number of anilines is 1. The molecule has 32 heavy (non-hydrogen) atoms. The molecule has 7 nitrogen and oxygen atoms in total. The molecule has 0 unspecified atom stereocenters. The summed E-state index contributed by atoms with van der Waals surface area (Å²) in [5.41, 5.74) is 4.46. The highest BCUT2D eigenvalue weighted by Gasteiger charge is 2.11. The summed E-state index contributed by atoms with van der Waals surface area (Å²) in [4.78, 5) is 15.8. The lowest BCUT2D eigenvalue weighted by Gasteiger charge is -2.12. The van der Waals surface area contributed by atoms with Crippen LogP contribution in [0.1, 0.15) is 23.7 Å². The average molecular weight is 478 g/mol. The van der Waals surface area contributed by atoms with Gasteiger partial charge in [0.15, 0.2) is 11.5 Å². The lowest BCUT2D eigenvalue weighted by Crippen LogP contribution is -2.07. The number of esters is 1. The van der Waals surface area contributed by atoms with Gasteiger partial charge in [0.25, 0.3) is 0 Å². The van der Waals surface area contributed by atoms with Crippen molar-refractivity contribution in [3.05, 3.63) is 69.4 Å². The van der Waals surface area contributed by atoms with Crippen LogP contribution in [0.15, 0.2) is 46.9 Å². The van der Waals surface area contributed by atoms with Crippen LogP contribution in [0.4, 0.5) is 9.52 Å². The zero-order chi connectivity index (χ0) is 22.9. The molecular weight excluding hydrogens is 457 g/mol. The monoisotopic (exact) mass is 477 g/mol. The first kappa shape index (κ1) is 23.5. The van der Waals surface area contributed by atoms with Crippen LogP contribution < -0.4 is 14.9 Å². The lowest BCUT2D eigenvalue weighted by atomic mass is 10.2. The molecule has 0 bridgehead atoms. The molecule has 0 amide bonds. The first-order valence-electron chi connectivity index (χ1n) is 9.63. The van der Waals surface area contributed by atoms with Gasteiger partial charge in [-0.15, -0.1) is 11.3 Å². The van der Waals surface area contributed by atoms with E-state index < -0.39 is 5.82 Å². The Hall–Kier alpha value is -3.17. The number of methoxy groups -OCH3 is 1. The number of hydrogen-bond acceptors (Lipinski definition) is 8. The molecule has 0 radical (unpaired) electrons. The van der Waals surface area contributed by atoms with Gasteiger partial charge in [0.2, 0.25) is 5.13 Å². The summed E-state index contributed by atoms with van der Waals surface area (Å²) in [6.07, 6.45) is 1.71. The molecule has 168 valence electrons. The quantitative estimate of drug-likeness (QED) is 0.249. The molecule has 3 rings (SSSR count). The molecule has 0 aliphatic heterocycles. The van der Waals surface area contributed by atoms with Gasteiger partial charge in [0, 0.05) is 10.9 Å². The molecule has 0 aliphatic rings. The molecule has 0 spiro atoms. The van der Waals surface area contributed by atoms with E-state index in [9.17, 15) is 9.18 Å². The number of ether oxygens (including phenoxy) is 3. The van der Waals surface area contributed by atoms with Crippen molar-refractivity contribution in [3.63, 3.8) is 0 Å². The van der Waals surface area contributed by atoms with Gasteiger partial charge >= 0.3 is 5.97 Å². The minimum Gasteiger partial charge on any atom is -0.493 e. The van der Waals surface area contributed by atoms with Crippen LogP contribution >= 0.6 is 22.9 Å². The van der Waals surface area contributed by atoms with E-state index in [2.05, 4.69) is 15.5 Å². The number of benzene rings is 2.